The number of fused-ring (bicyclic) bond motifs is 1. The van der Waals surface area contributed by atoms with Gasteiger partial charge >= 0.3 is 0 Å². The quantitative estimate of drug-likeness (QED) is 0.873. The predicted octanol–water partition coefficient (Wildman–Crippen LogP) is 1.80. The van der Waals surface area contributed by atoms with Crippen LogP contribution in [-0.4, -0.2) is 67.2 Å². The number of ether oxygens (including phenoxy) is 1. The zero-order valence-electron chi connectivity index (χ0n) is 15.8. The molecule has 1 N–H and O–H groups in total. The van der Waals surface area contributed by atoms with Crippen molar-refractivity contribution in [1.82, 2.24) is 15.1 Å². The molecule has 1 amide bonds. The minimum atomic E-state index is 0.237. The van der Waals surface area contributed by atoms with Crippen molar-refractivity contribution in [2.45, 2.75) is 56.8 Å². The number of hydrogen-bond donors (Lipinski definition) is 1. The molecule has 0 spiro atoms. The highest BCUT2D eigenvalue weighted by atomic mass is 16.5. The number of nitrogens with zero attached hydrogens (tertiary/aromatic N) is 2. The molecule has 1 aromatic rings. The molecule has 3 atom stereocenters. The van der Waals surface area contributed by atoms with Crippen LogP contribution < -0.4 is 5.32 Å². The van der Waals surface area contributed by atoms with Gasteiger partial charge in [-0.15, -0.1) is 0 Å². The Hall–Kier alpha value is -1.43. The average molecular weight is 357 g/mol. The topological polar surface area (TPSA) is 44.8 Å². The normalized spacial score (nSPS) is 29.1. The molecule has 0 radical (unpaired) electrons. The van der Waals surface area contributed by atoms with Gasteiger partial charge in [-0.3, -0.25) is 9.69 Å². The van der Waals surface area contributed by atoms with E-state index >= 15 is 0 Å². The van der Waals surface area contributed by atoms with Crippen molar-refractivity contribution in [3.05, 3.63) is 35.4 Å². The molecule has 2 aliphatic heterocycles. The first kappa shape index (κ1) is 18.0. The van der Waals surface area contributed by atoms with E-state index in [-0.39, 0.29) is 5.91 Å². The van der Waals surface area contributed by atoms with Crippen molar-refractivity contribution >= 4 is 5.91 Å². The Labute approximate surface area is 156 Å². The van der Waals surface area contributed by atoms with E-state index in [2.05, 4.69) is 34.5 Å². The van der Waals surface area contributed by atoms with E-state index in [1.807, 2.05) is 12.0 Å². The molecule has 3 aliphatic rings. The molecule has 2 heterocycles. The largest absolute Gasteiger partial charge is 0.380 e. The fourth-order valence-corrected chi connectivity index (χ4v) is 4.90. The Morgan fingerprint density at radius 2 is 2.04 bits per heavy atom. The van der Waals surface area contributed by atoms with Crippen molar-refractivity contribution in [3.63, 3.8) is 0 Å². The third kappa shape index (κ3) is 3.80. The number of methoxy groups -OCH3 is 1. The highest BCUT2D eigenvalue weighted by molar-refractivity contribution is 5.78. The SMILES string of the molecule is COC1CCN([C@H]2CCC[C@H]2NCC(=O)N2CCc3ccccc3C2)C1. The lowest BCUT2D eigenvalue weighted by Crippen LogP contribution is -2.50. The molecule has 1 saturated carbocycles. The van der Waals surface area contributed by atoms with E-state index in [0.29, 0.717) is 24.7 Å². The average Bonchev–Trinajstić information content (AvgIpc) is 3.34. The van der Waals surface area contributed by atoms with Gasteiger partial charge in [0.25, 0.3) is 0 Å². The summed E-state index contributed by atoms with van der Waals surface area (Å²) >= 11 is 0. The van der Waals surface area contributed by atoms with E-state index in [4.69, 9.17) is 4.74 Å². The minimum Gasteiger partial charge on any atom is -0.380 e. The number of rotatable bonds is 5. The number of hydrogen-bond acceptors (Lipinski definition) is 4. The van der Waals surface area contributed by atoms with E-state index in [9.17, 15) is 4.79 Å². The Balaban J connectivity index is 1.29. The van der Waals surface area contributed by atoms with Crippen LogP contribution in [0.4, 0.5) is 0 Å². The second kappa shape index (κ2) is 8.07. The molecule has 1 saturated heterocycles. The number of likely N-dealkylation sites (tertiary alicyclic amines) is 1. The molecule has 1 aromatic carbocycles. The van der Waals surface area contributed by atoms with Crippen LogP contribution >= 0.6 is 0 Å². The van der Waals surface area contributed by atoms with Gasteiger partial charge in [-0.2, -0.15) is 0 Å². The zero-order chi connectivity index (χ0) is 17.9. The Bertz CT molecular complexity index is 635. The van der Waals surface area contributed by atoms with Gasteiger partial charge in [-0.25, -0.2) is 0 Å². The maximum Gasteiger partial charge on any atom is 0.236 e. The summed E-state index contributed by atoms with van der Waals surface area (Å²) in [5, 5.41) is 3.59. The van der Waals surface area contributed by atoms with Crippen LogP contribution in [-0.2, 0) is 22.5 Å². The third-order valence-corrected chi connectivity index (χ3v) is 6.46. The lowest BCUT2D eigenvalue weighted by molar-refractivity contribution is -0.131. The van der Waals surface area contributed by atoms with Gasteiger partial charge in [-0.05, 0) is 36.8 Å². The number of carbonyl (C=O) groups is 1. The molecule has 26 heavy (non-hydrogen) atoms. The van der Waals surface area contributed by atoms with Gasteiger partial charge in [0.05, 0.1) is 12.6 Å². The fourth-order valence-electron chi connectivity index (χ4n) is 4.90. The van der Waals surface area contributed by atoms with Gasteiger partial charge in [0.2, 0.25) is 5.91 Å². The van der Waals surface area contributed by atoms with Crippen molar-refractivity contribution in [1.29, 1.82) is 0 Å². The van der Waals surface area contributed by atoms with E-state index < -0.39 is 0 Å². The lowest BCUT2D eigenvalue weighted by Gasteiger charge is -2.32. The number of nitrogens with one attached hydrogen (secondary N) is 1. The van der Waals surface area contributed by atoms with Crippen molar-refractivity contribution < 1.29 is 9.53 Å². The van der Waals surface area contributed by atoms with Crippen LogP contribution in [0.1, 0.15) is 36.8 Å². The molecule has 1 unspecified atom stereocenters. The molecular formula is C21H31N3O2. The zero-order valence-corrected chi connectivity index (χ0v) is 15.8. The summed E-state index contributed by atoms with van der Waals surface area (Å²) in [7, 11) is 1.81. The van der Waals surface area contributed by atoms with Crippen LogP contribution in [0.5, 0.6) is 0 Å². The van der Waals surface area contributed by atoms with Crippen molar-refractivity contribution in [2.24, 2.45) is 0 Å². The molecule has 0 bridgehead atoms. The Morgan fingerprint density at radius 3 is 2.85 bits per heavy atom. The molecule has 5 heteroatoms. The Morgan fingerprint density at radius 1 is 1.19 bits per heavy atom. The summed E-state index contributed by atoms with van der Waals surface area (Å²) in [6, 6.07) is 9.48. The number of amides is 1. The number of benzene rings is 1. The second-order valence-electron chi connectivity index (χ2n) is 7.96. The predicted molar refractivity (Wildman–Crippen MR) is 102 cm³/mol. The molecular weight excluding hydrogens is 326 g/mol. The first-order valence-corrected chi connectivity index (χ1v) is 10.1. The van der Waals surface area contributed by atoms with Gasteiger partial charge in [0.15, 0.2) is 0 Å². The molecule has 1 aliphatic carbocycles. The van der Waals surface area contributed by atoms with E-state index in [0.717, 1.165) is 39.0 Å². The van der Waals surface area contributed by atoms with Gasteiger partial charge in [0.1, 0.15) is 0 Å². The van der Waals surface area contributed by atoms with E-state index in [1.165, 1.54) is 30.4 Å². The molecule has 142 valence electrons. The van der Waals surface area contributed by atoms with Gasteiger partial charge < -0.3 is 15.0 Å². The van der Waals surface area contributed by atoms with Crippen molar-refractivity contribution in [2.75, 3.05) is 33.3 Å². The van der Waals surface area contributed by atoms with Crippen LogP contribution in [0.25, 0.3) is 0 Å². The van der Waals surface area contributed by atoms with Crippen LogP contribution in [0.15, 0.2) is 24.3 Å². The lowest BCUT2D eigenvalue weighted by atomic mass is 10.00. The summed E-state index contributed by atoms with van der Waals surface area (Å²) in [6.45, 7) is 4.22. The highest BCUT2D eigenvalue weighted by Crippen LogP contribution is 2.28. The molecule has 0 aromatic heterocycles. The monoisotopic (exact) mass is 357 g/mol. The molecule has 4 rings (SSSR count). The molecule has 2 fully saturated rings. The number of carbonyl (C=O) groups excluding carboxylic acids is 1. The maximum absolute atomic E-state index is 12.7. The van der Waals surface area contributed by atoms with Gasteiger partial charge in [0, 0.05) is 45.4 Å². The van der Waals surface area contributed by atoms with Crippen LogP contribution in [0.3, 0.4) is 0 Å². The van der Waals surface area contributed by atoms with Crippen LogP contribution in [0, 0.1) is 0 Å². The van der Waals surface area contributed by atoms with Crippen molar-refractivity contribution in [3.8, 4) is 0 Å². The first-order valence-electron chi connectivity index (χ1n) is 10.1. The van der Waals surface area contributed by atoms with Gasteiger partial charge in [-0.1, -0.05) is 30.7 Å². The summed E-state index contributed by atoms with van der Waals surface area (Å²) in [6.07, 6.45) is 6.15. The summed E-state index contributed by atoms with van der Waals surface area (Å²) < 4.78 is 5.52. The van der Waals surface area contributed by atoms with Crippen LogP contribution in [0.2, 0.25) is 0 Å². The third-order valence-electron chi connectivity index (χ3n) is 6.46. The smallest absolute Gasteiger partial charge is 0.236 e. The Kier molecular flexibility index (Phi) is 5.57. The maximum atomic E-state index is 12.7. The summed E-state index contributed by atoms with van der Waals surface area (Å²) in [5.41, 5.74) is 2.69. The standard InChI is InChI=1S/C21H31N3O2/c1-26-18-10-12-23(15-18)20-8-4-7-19(20)22-13-21(25)24-11-9-16-5-2-3-6-17(16)14-24/h2-3,5-6,18-20,22H,4,7-15H2,1H3/t18?,19-,20+/m1/s1. The fraction of sp³-hybridized carbons (Fsp3) is 0.667. The molecule has 5 nitrogen and oxygen atoms in total. The minimum absolute atomic E-state index is 0.237. The summed E-state index contributed by atoms with van der Waals surface area (Å²) in [4.78, 5) is 17.3. The first-order chi connectivity index (χ1) is 12.7. The second-order valence-corrected chi connectivity index (χ2v) is 7.96. The van der Waals surface area contributed by atoms with E-state index in [1.54, 1.807) is 0 Å². The summed E-state index contributed by atoms with van der Waals surface area (Å²) in [5.74, 6) is 0.237. The highest BCUT2D eigenvalue weighted by Gasteiger charge is 2.36.